The summed E-state index contributed by atoms with van der Waals surface area (Å²) >= 11 is 3.46. The van der Waals surface area contributed by atoms with Gasteiger partial charge in [-0.3, -0.25) is 0 Å². The van der Waals surface area contributed by atoms with Gasteiger partial charge in [-0.25, -0.2) is 4.98 Å². The van der Waals surface area contributed by atoms with Gasteiger partial charge in [0.25, 0.3) is 0 Å². The minimum absolute atomic E-state index is 0.518. The van der Waals surface area contributed by atoms with E-state index in [4.69, 9.17) is 4.74 Å². The molecule has 0 fully saturated rings. The SMILES string of the molecule is C=Cc1c(C)c(C)nc(Br)c1OCc1ccccc1. The third-order valence-electron chi connectivity index (χ3n) is 3.07. The molecule has 1 aromatic carbocycles. The van der Waals surface area contributed by atoms with Crippen LogP contribution in [0.2, 0.25) is 0 Å². The molecule has 0 amide bonds. The second kappa shape index (κ2) is 6.02. The largest absolute Gasteiger partial charge is 0.485 e. The number of rotatable bonds is 4. The van der Waals surface area contributed by atoms with Crippen LogP contribution in [0, 0.1) is 13.8 Å². The molecule has 3 heteroatoms. The quantitative estimate of drug-likeness (QED) is 0.764. The van der Waals surface area contributed by atoms with Gasteiger partial charge in [0.05, 0.1) is 0 Å². The zero-order chi connectivity index (χ0) is 13.8. The van der Waals surface area contributed by atoms with Crippen molar-refractivity contribution < 1.29 is 4.74 Å². The van der Waals surface area contributed by atoms with Gasteiger partial charge in [0.1, 0.15) is 11.2 Å². The highest BCUT2D eigenvalue weighted by atomic mass is 79.9. The van der Waals surface area contributed by atoms with Crippen LogP contribution in [-0.2, 0) is 6.61 Å². The lowest BCUT2D eigenvalue weighted by molar-refractivity contribution is 0.301. The van der Waals surface area contributed by atoms with Gasteiger partial charge in [-0.15, -0.1) is 0 Å². The van der Waals surface area contributed by atoms with Crippen molar-refractivity contribution in [2.24, 2.45) is 0 Å². The molecule has 0 aliphatic rings. The van der Waals surface area contributed by atoms with E-state index in [1.54, 1.807) is 0 Å². The van der Waals surface area contributed by atoms with Gasteiger partial charge in [-0.05, 0) is 40.9 Å². The zero-order valence-corrected chi connectivity index (χ0v) is 12.7. The van der Waals surface area contributed by atoms with Gasteiger partial charge in [0.15, 0.2) is 5.75 Å². The van der Waals surface area contributed by atoms with E-state index in [1.807, 2.05) is 50.3 Å². The molecule has 2 nitrogen and oxygen atoms in total. The minimum Gasteiger partial charge on any atom is -0.485 e. The van der Waals surface area contributed by atoms with E-state index in [-0.39, 0.29) is 0 Å². The molecule has 0 saturated heterocycles. The number of benzene rings is 1. The number of halogens is 1. The monoisotopic (exact) mass is 317 g/mol. The fraction of sp³-hybridized carbons (Fsp3) is 0.188. The van der Waals surface area contributed by atoms with Crippen molar-refractivity contribution in [3.05, 3.63) is 63.9 Å². The standard InChI is InChI=1S/C16H16BrNO/c1-4-14-11(2)12(3)18-16(17)15(14)19-10-13-8-6-5-7-9-13/h4-9H,1,10H2,2-3H3. The molecule has 0 aliphatic heterocycles. The molecule has 0 atom stereocenters. The summed E-state index contributed by atoms with van der Waals surface area (Å²) in [4.78, 5) is 4.44. The van der Waals surface area contributed by atoms with Crippen molar-refractivity contribution >= 4 is 22.0 Å². The maximum absolute atomic E-state index is 5.90. The highest BCUT2D eigenvalue weighted by Gasteiger charge is 2.13. The van der Waals surface area contributed by atoms with Crippen LogP contribution in [-0.4, -0.2) is 4.98 Å². The van der Waals surface area contributed by atoms with Gasteiger partial charge in [0.2, 0.25) is 0 Å². The Morgan fingerprint density at radius 2 is 1.95 bits per heavy atom. The fourth-order valence-electron chi connectivity index (χ4n) is 1.87. The molecule has 1 heterocycles. The number of nitrogens with zero attached hydrogens (tertiary/aromatic N) is 1. The highest BCUT2D eigenvalue weighted by molar-refractivity contribution is 9.10. The summed E-state index contributed by atoms with van der Waals surface area (Å²) in [5, 5.41) is 0. The molecule has 0 unspecified atom stereocenters. The Balaban J connectivity index is 2.30. The van der Waals surface area contributed by atoms with Gasteiger partial charge >= 0.3 is 0 Å². The van der Waals surface area contributed by atoms with Gasteiger partial charge in [-0.1, -0.05) is 43.0 Å². The van der Waals surface area contributed by atoms with Gasteiger partial charge < -0.3 is 4.74 Å². The lowest BCUT2D eigenvalue weighted by atomic mass is 10.1. The third kappa shape index (κ3) is 3.04. The lowest BCUT2D eigenvalue weighted by Gasteiger charge is -2.14. The van der Waals surface area contributed by atoms with E-state index in [1.165, 1.54) is 0 Å². The molecule has 1 aromatic heterocycles. The molecule has 19 heavy (non-hydrogen) atoms. The Bertz CT molecular complexity index is 593. The first-order chi connectivity index (χ1) is 9.13. The summed E-state index contributed by atoms with van der Waals surface area (Å²) in [6.07, 6.45) is 1.81. The van der Waals surface area contributed by atoms with Crippen LogP contribution in [0.15, 0.2) is 41.5 Å². The topological polar surface area (TPSA) is 22.1 Å². The Morgan fingerprint density at radius 3 is 2.58 bits per heavy atom. The normalized spacial score (nSPS) is 10.3. The Labute approximate surface area is 122 Å². The molecule has 0 aliphatic carbocycles. The van der Waals surface area contributed by atoms with Crippen LogP contribution in [0.1, 0.15) is 22.4 Å². The number of ether oxygens (including phenoxy) is 1. The van der Waals surface area contributed by atoms with Crippen molar-refractivity contribution in [2.75, 3.05) is 0 Å². The van der Waals surface area contributed by atoms with E-state index in [9.17, 15) is 0 Å². The minimum atomic E-state index is 0.518. The fourth-order valence-corrected chi connectivity index (χ4v) is 2.47. The highest BCUT2D eigenvalue weighted by Crippen LogP contribution is 2.32. The molecule has 0 spiro atoms. The second-order valence-corrected chi connectivity index (χ2v) is 5.09. The maximum atomic E-state index is 5.90. The Morgan fingerprint density at radius 1 is 1.26 bits per heavy atom. The molecule has 0 N–H and O–H groups in total. The number of aryl methyl sites for hydroxylation is 1. The molecule has 2 rings (SSSR count). The molecule has 98 valence electrons. The number of aromatic nitrogens is 1. The number of hydrogen-bond acceptors (Lipinski definition) is 2. The average Bonchev–Trinajstić information content (AvgIpc) is 2.42. The maximum Gasteiger partial charge on any atom is 0.160 e. The summed E-state index contributed by atoms with van der Waals surface area (Å²) in [7, 11) is 0. The Kier molecular flexibility index (Phi) is 4.38. The zero-order valence-electron chi connectivity index (χ0n) is 11.1. The van der Waals surface area contributed by atoms with Crippen molar-refractivity contribution in [3.63, 3.8) is 0 Å². The smallest absolute Gasteiger partial charge is 0.160 e. The lowest BCUT2D eigenvalue weighted by Crippen LogP contribution is -2.02. The number of hydrogen-bond donors (Lipinski definition) is 0. The number of pyridine rings is 1. The van der Waals surface area contributed by atoms with Crippen LogP contribution < -0.4 is 4.74 Å². The Hall–Kier alpha value is -1.61. The first-order valence-corrected chi connectivity index (χ1v) is 6.88. The van der Waals surface area contributed by atoms with Crippen LogP contribution >= 0.6 is 15.9 Å². The van der Waals surface area contributed by atoms with E-state index in [2.05, 4.69) is 27.5 Å². The average molecular weight is 318 g/mol. The molecule has 2 aromatic rings. The predicted octanol–water partition coefficient (Wildman–Crippen LogP) is 4.68. The van der Waals surface area contributed by atoms with Crippen LogP contribution in [0.3, 0.4) is 0 Å². The summed E-state index contributed by atoms with van der Waals surface area (Å²) < 4.78 is 6.62. The summed E-state index contributed by atoms with van der Waals surface area (Å²) in [6.45, 7) is 8.39. The van der Waals surface area contributed by atoms with Crippen molar-refractivity contribution in [3.8, 4) is 5.75 Å². The predicted molar refractivity (Wildman–Crippen MR) is 82.3 cm³/mol. The van der Waals surface area contributed by atoms with E-state index >= 15 is 0 Å². The summed E-state index contributed by atoms with van der Waals surface area (Å²) in [5.41, 5.74) is 4.20. The second-order valence-electron chi connectivity index (χ2n) is 4.33. The molecule has 0 saturated carbocycles. The molecule has 0 radical (unpaired) electrons. The van der Waals surface area contributed by atoms with E-state index in [0.717, 1.165) is 32.7 Å². The van der Waals surface area contributed by atoms with Gasteiger partial charge in [0, 0.05) is 11.3 Å². The van der Waals surface area contributed by atoms with Crippen molar-refractivity contribution in [1.29, 1.82) is 0 Å². The first kappa shape index (κ1) is 13.8. The van der Waals surface area contributed by atoms with Crippen LogP contribution in [0.25, 0.3) is 6.08 Å². The van der Waals surface area contributed by atoms with Crippen molar-refractivity contribution in [1.82, 2.24) is 4.98 Å². The molecular weight excluding hydrogens is 302 g/mol. The first-order valence-electron chi connectivity index (χ1n) is 6.09. The van der Waals surface area contributed by atoms with Crippen molar-refractivity contribution in [2.45, 2.75) is 20.5 Å². The summed E-state index contributed by atoms with van der Waals surface area (Å²) in [6, 6.07) is 10.1. The van der Waals surface area contributed by atoms with Gasteiger partial charge in [-0.2, -0.15) is 0 Å². The van der Waals surface area contributed by atoms with Crippen LogP contribution in [0.5, 0.6) is 5.75 Å². The molecule has 0 bridgehead atoms. The van der Waals surface area contributed by atoms with Crippen LogP contribution in [0.4, 0.5) is 0 Å². The van der Waals surface area contributed by atoms with E-state index in [0.29, 0.717) is 6.61 Å². The molecular formula is C16H16BrNO. The van der Waals surface area contributed by atoms with E-state index < -0.39 is 0 Å². The summed E-state index contributed by atoms with van der Waals surface area (Å²) in [5.74, 6) is 0.752. The third-order valence-corrected chi connectivity index (χ3v) is 3.61.